The lowest BCUT2D eigenvalue weighted by molar-refractivity contribution is 0.195. The molecular weight excluding hydrogens is 186 g/mol. The Labute approximate surface area is 91.1 Å². The van der Waals surface area contributed by atoms with E-state index in [0.29, 0.717) is 6.54 Å². The van der Waals surface area contributed by atoms with Gasteiger partial charge >= 0.3 is 0 Å². The predicted octanol–water partition coefficient (Wildman–Crippen LogP) is 1.95. The van der Waals surface area contributed by atoms with Gasteiger partial charge in [0.2, 0.25) is 0 Å². The molecule has 2 heteroatoms. The molecule has 0 atom stereocenters. The predicted molar refractivity (Wildman–Crippen MR) is 61.6 cm³/mol. The van der Waals surface area contributed by atoms with E-state index in [1.54, 1.807) is 0 Å². The van der Waals surface area contributed by atoms with Crippen molar-refractivity contribution in [1.29, 1.82) is 0 Å². The standard InChI is InChI=1S/C13H19NO/c14-9-11-5-1-2-6-12(11)13(10-15)7-3-4-8-13/h1-2,5-6,15H,3-4,7-10,14H2. The highest BCUT2D eigenvalue weighted by Crippen LogP contribution is 2.41. The van der Waals surface area contributed by atoms with Crippen molar-refractivity contribution in [3.63, 3.8) is 0 Å². The molecule has 1 aliphatic rings. The van der Waals surface area contributed by atoms with Gasteiger partial charge in [-0.25, -0.2) is 0 Å². The summed E-state index contributed by atoms with van der Waals surface area (Å²) in [5, 5.41) is 9.65. The van der Waals surface area contributed by atoms with Gasteiger partial charge in [0.15, 0.2) is 0 Å². The fourth-order valence-corrected chi connectivity index (χ4v) is 2.78. The van der Waals surface area contributed by atoms with Gasteiger partial charge in [-0.3, -0.25) is 0 Å². The lowest BCUT2D eigenvalue weighted by Crippen LogP contribution is -2.28. The zero-order valence-corrected chi connectivity index (χ0v) is 9.08. The molecule has 2 nitrogen and oxygen atoms in total. The maximum absolute atomic E-state index is 9.65. The topological polar surface area (TPSA) is 46.2 Å². The maximum Gasteiger partial charge on any atom is 0.0528 e. The van der Waals surface area contributed by atoms with E-state index in [-0.39, 0.29) is 12.0 Å². The molecule has 0 bridgehead atoms. The first-order chi connectivity index (χ1) is 7.32. The Morgan fingerprint density at radius 2 is 1.87 bits per heavy atom. The summed E-state index contributed by atoms with van der Waals surface area (Å²) >= 11 is 0. The molecule has 1 aromatic carbocycles. The molecule has 1 aromatic rings. The minimum absolute atomic E-state index is 0.00400. The summed E-state index contributed by atoms with van der Waals surface area (Å²) < 4.78 is 0. The third-order valence-electron chi connectivity index (χ3n) is 3.67. The van der Waals surface area contributed by atoms with E-state index in [1.807, 2.05) is 12.1 Å². The first-order valence-corrected chi connectivity index (χ1v) is 5.72. The Morgan fingerprint density at radius 1 is 1.20 bits per heavy atom. The smallest absolute Gasteiger partial charge is 0.0528 e. The van der Waals surface area contributed by atoms with Crippen molar-refractivity contribution >= 4 is 0 Å². The Bertz CT molecular complexity index is 329. The molecule has 0 aliphatic heterocycles. The molecule has 0 saturated heterocycles. The Balaban J connectivity index is 2.41. The van der Waals surface area contributed by atoms with E-state index in [9.17, 15) is 5.11 Å². The maximum atomic E-state index is 9.65. The van der Waals surface area contributed by atoms with Gasteiger partial charge in [-0.05, 0) is 24.0 Å². The van der Waals surface area contributed by atoms with Gasteiger partial charge in [0, 0.05) is 12.0 Å². The van der Waals surface area contributed by atoms with Crippen LogP contribution in [0.4, 0.5) is 0 Å². The van der Waals surface area contributed by atoms with Gasteiger partial charge in [0.05, 0.1) is 6.61 Å². The van der Waals surface area contributed by atoms with Crippen molar-refractivity contribution in [2.75, 3.05) is 6.61 Å². The van der Waals surface area contributed by atoms with Crippen molar-refractivity contribution in [2.24, 2.45) is 5.73 Å². The van der Waals surface area contributed by atoms with Gasteiger partial charge in [-0.15, -0.1) is 0 Å². The molecule has 1 aliphatic carbocycles. The molecule has 82 valence electrons. The van der Waals surface area contributed by atoms with Crippen LogP contribution in [0.2, 0.25) is 0 Å². The van der Waals surface area contributed by atoms with Crippen molar-refractivity contribution in [2.45, 2.75) is 37.6 Å². The minimum atomic E-state index is -0.00400. The zero-order valence-electron chi connectivity index (χ0n) is 9.08. The lowest BCUT2D eigenvalue weighted by atomic mass is 9.77. The Morgan fingerprint density at radius 3 is 2.47 bits per heavy atom. The monoisotopic (exact) mass is 205 g/mol. The van der Waals surface area contributed by atoms with Crippen molar-refractivity contribution in [3.8, 4) is 0 Å². The van der Waals surface area contributed by atoms with Crippen molar-refractivity contribution in [1.82, 2.24) is 0 Å². The fourth-order valence-electron chi connectivity index (χ4n) is 2.78. The first kappa shape index (κ1) is 10.7. The van der Waals surface area contributed by atoms with Crippen LogP contribution >= 0.6 is 0 Å². The summed E-state index contributed by atoms with van der Waals surface area (Å²) in [6, 6.07) is 8.27. The summed E-state index contributed by atoms with van der Waals surface area (Å²) in [6.07, 6.45) is 4.64. The van der Waals surface area contributed by atoms with E-state index in [4.69, 9.17) is 5.73 Å². The Kier molecular flexibility index (Phi) is 3.08. The van der Waals surface area contributed by atoms with E-state index >= 15 is 0 Å². The molecule has 0 aromatic heterocycles. The van der Waals surface area contributed by atoms with Gasteiger partial charge in [0.25, 0.3) is 0 Å². The number of rotatable bonds is 3. The van der Waals surface area contributed by atoms with Gasteiger partial charge in [0.1, 0.15) is 0 Å². The summed E-state index contributed by atoms with van der Waals surface area (Å²) in [7, 11) is 0. The second-order valence-electron chi connectivity index (χ2n) is 4.51. The van der Waals surface area contributed by atoms with Crippen LogP contribution in [0, 0.1) is 0 Å². The SMILES string of the molecule is NCc1ccccc1C1(CO)CCCC1. The number of aliphatic hydroxyl groups excluding tert-OH is 1. The minimum Gasteiger partial charge on any atom is -0.395 e. The zero-order chi connectivity index (χ0) is 10.7. The van der Waals surface area contributed by atoms with Crippen LogP contribution in [-0.4, -0.2) is 11.7 Å². The van der Waals surface area contributed by atoms with E-state index in [0.717, 1.165) is 12.8 Å². The molecule has 1 fully saturated rings. The number of hydrogen-bond acceptors (Lipinski definition) is 2. The molecule has 15 heavy (non-hydrogen) atoms. The average molecular weight is 205 g/mol. The van der Waals surface area contributed by atoms with Crippen molar-refractivity contribution in [3.05, 3.63) is 35.4 Å². The van der Waals surface area contributed by atoms with Crippen LogP contribution in [0.1, 0.15) is 36.8 Å². The summed E-state index contributed by atoms with van der Waals surface area (Å²) in [5.41, 5.74) is 8.21. The normalized spacial score (nSPS) is 19.3. The Hall–Kier alpha value is -0.860. The van der Waals surface area contributed by atoms with Gasteiger partial charge in [-0.1, -0.05) is 37.1 Å². The average Bonchev–Trinajstić information content (AvgIpc) is 2.79. The molecule has 3 N–H and O–H groups in total. The van der Waals surface area contributed by atoms with E-state index in [1.165, 1.54) is 24.0 Å². The van der Waals surface area contributed by atoms with Crippen LogP contribution in [0.5, 0.6) is 0 Å². The molecule has 0 amide bonds. The lowest BCUT2D eigenvalue weighted by Gasteiger charge is -2.29. The number of hydrogen-bond donors (Lipinski definition) is 2. The molecule has 0 radical (unpaired) electrons. The summed E-state index contributed by atoms with van der Waals surface area (Å²) in [4.78, 5) is 0. The third-order valence-corrected chi connectivity index (χ3v) is 3.67. The number of aliphatic hydroxyl groups is 1. The van der Waals surface area contributed by atoms with Crippen LogP contribution in [0.3, 0.4) is 0 Å². The first-order valence-electron chi connectivity index (χ1n) is 5.72. The largest absolute Gasteiger partial charge is 0.395 e. The molecule has 2 rings (SSSR count). The van der Waals surface area contributed by atoms with Crippen LogP contribution in [0.25, 0.3) is 0 Å². The van der Waals surface area contributed by atoms with Gasteiger partial charge in [-0.2, -0.15) is 0 Å². The quantitative estimate of drug-likeness (QED) is 0.792. The molecular formula is C13H19NO. The van der Waals surface area contributed by atoms with E-state index in [2.05, 4.69) is 12.1 Å². The summed E-state index contributed by atoms with van der Waals surface area (Å²) in [5.74, 6) is 0. The summed E-state index contributed by atoms with van der Waals surface area (Å²) in [6.45, 7) is 0.821. The van der Waals surface area contributed by atoms with Crippen LogP contribution in [0.15, 0.2) is 24.3 Å². The van der Waals surface area contributed by atoms with Crippen molar-refractivity contribution < 1.29 is 5.11 Å². The molecule has 0 spiro atoms. The molecule has 0 unspecified atom stereocenters. The molecule has 0 heterocycles. The molecule has 1 saturated carbocycles. The highest BCUT2D eigenvalue weighted by Gasteiger charge is 2.36. The fraction of sp³-hybridized carbons (Fsp3) is 0.538. The second kappa shape index (κ2) is 4.33. The third kappa shape index (κ3) is 1.80. The van der Waals surface area contributed by atoms with Crippen LogP contribution in [-0.2, 0) is 12.0 Å². The second-order valence-corrected chi connectivity index (χ2v) is 4.51. The van der Waals surface area contributed by atoms with E-state index < -0.39 is 0 Å². The van der Waals surface area contributed by atoms with Crippen LogP contribution < -0.4 is 5.73 Å². The highest BCUT2D eigenvalue weighted by molar-refractivity contribution is 5.35. The number of benzene rings is 1. The van der Waals surface area contributed by atoms with Gasteiger partial charge < -0.3 is 10.8 Å². The highest BCUT2D eigenvalue weighted by atomic mass is 16.3. The number of nitrogens with two attached hydrogens (primary N) is 1.